The molecule has 0 unspecified atom stereocenters. The molecule has 0 radical (unpaired) electrons. The van der Waals surface area contributed by atoms with Crippen LogP contribution >= 0.6 is 12.4 Å². The van der Waals surface area contributed by atoms with Crippen molar-refractivity contribution in [3.05, 3.63) is 71.8 Å². The van der Waals surface area contributed by atoms with Gasteiger partial charge in [-0.05, 0) is 24.3 Å². The smallest absolute Gasteiger partial charge is 0.0991 e. The average Bonchev–Trinajstić information content (AvgIpc) is 2.41. The Morgan fingerprint density at radius 3 is 1.06 bits per heavy atom. The number of nitrogens with zero attached hydrogens (tertiary/aromatic N) is 2. The predicted molar refractivity (Wildman–Crippen MR) is 69.6 cm³/mol. The molecule has 84 valence electrons. The second-order valence-electron chi connectivity index (χ2n) is 2.96. The lowest BCUT2D eigenvalue weighted by molar-refractivity contribution is 1.49. The fourth-order valence-corrected chi connectivity index (χ4v) is 1.03. The maximum absolute atomic E-state index is 8.29. The zero-order valence-electron chi connectivity index (χ0n) is 9.08. The molecule has 17 heavy (non-hydrogen) atoms. The van der Waals surface area contributed by atoms with E-state index in [0.717, 1.165) is 0 Å². The van der Waals surface area contributed by atoms with Gasteiger partial charge < -0.3 is 0 Å². The van der Waals surface area contributed by atoms with Crippen LogP contribution in [0.2, 0.25) is 0 Å². The molecular formula is C14H11ClN2. The van der Waals surface area contributed by atoms with Gasteiger partial charge >= 0.3 is 0 Å². The minimum atomic E-state index is 0. The Balaban J connectivity index is 0.000000284. The van der Waals surface area contributed by atoms with Gasteiger partial charge in [0.25, 0.3) is 0 Å². The van der Waals surface area contributed by atoms with Crippen LogP contribution in [-0.2, 0) is 0 Å². The van der Waals surface area contributed by atoms with E-state index in [1.165, 1.54) is 0 Å². The lowest BCUT2D eigenvalue weighted by atomic mass is 10.2. The van der Waals surface area contributed by atoms with Crippen LogP contribution in [0.15, 0.2) is 60.7 Å². The maximum Gasteiger partial charge on any atom is 0.0991 e. The summed E-state index contributed by atoms with van der Waals surface area (Å²) < 4.78 is 0. The molecular weight excluding hydrogens is 232 g/mol. The monoisotopic (exact) mass is 242 g/mol. The van der Waals surface area contributed by atoms with E-state index in [0.29, 0.717) is 11.1 Å². The fourth-order valence-electron chi connectivity index (χ4n) is 1.03. The fraction of sp³-hybridized carbons (Fsp3) is 0. The number of rotatable bonds is 0. The number of benzene rings is 2. The van der Waals surface area contributed by atoms with E-state index in [2.05, 4.69) is 0 Å². The Labute approximate surface area is 107 Å². The highest BCUT2D eigenvalue weighted by Crippen LogP contribution is 1.93. The van der Waals surface area contributed by atoms with Gasteiger partial charge in [0.1, 0.15) is 0 Å². The highest BCUT2D eigenvalue weighted by molar-refractivity contribution is 5.85. The summed E-state index contributed by atoms with van der Waals surface area (Å²) in [6.45, 7) is 0. The standard InChI is InChI=1S/2C7H5N.ClH/c2*8-6-7-4-2-1-3-5-7;/h2*1-5H;1H. The van der Waals surface area contributed by atoms with Crippen LogP contribution in [0, 0.1) is 22.7 Å². The van der Waals surface area contributed by atoms with Gasteiger partial charge in [-0.1, -0.05) is 36.4 Å². The van der Waals surface area contributed by atoms with Crippen molar-refractivity contribution < 1.29 is 0 Å². The number of halogens is 1. The molecule has 0 atom stereocenters. The van der Waals surface area contributed by atoms with Gasteiger partial charge in [0, 0.05) is 0 Å². The summed E-state index contributed by atoms with van der Waals surface area (Å²) in [4.78, 5) is 0. The summed E-state index contributed by atoms with van der Waals surface area (Å²) >= 11 is 0. The van der Waals surface area contributed by atoms with Crippen molar-refractivity contribution in [2.24, 2.45) is 0 Å². The van der Waals surface area contributed by atoms with Gasteiger partial charge in [-0.3, -0.25) is 0 Å². The van der Waals surface area contributed by atoms with Crippen molar-refractivity contribution in [3.8, 4) is 12.1 Å². The molecule has 0 aliphatic heterocycles. The van der Waals surface area contributed by atoms with Crippen LogP contribution in [0.3, 0.4) is 0 Å². The van der Waals surface area contributed by atoms with Crippen molar-refractivity contribution in [3.63, 3.8) is 0 Å². The van der Waals surface area contributed by atoms with Gasteiger partial charge in [-0.25, -0.2) is 0 Å². The van der Waals surface area contributed by atoms with E-state index in [-0.39, 0.29) is 12.4 Å². The topological polar surface area (TPSA) is 47.6 Å². The summed E-state index contributed by atoms with van der Waals surface area (Å²) in [5.41, 5.74) is 1.43. The lowest BCUT2D eigenvalue weighted by Crippen LogP contribution is -1.66. The van der Waals surface area contributed by atoms with Crippen LogP contribution in [0.4, 0.5) is 0 Å². The molecule has 2 nitrogen and oxygen atoms in total. The molecule has 0 fully saturated rings. The van der Waals surface area contributed by atoms with Crippen LogP contribution < -0.4 is 0 Å². The van der Waals surface area contributed by atoms with Gasteiger partial charge in [-0.15, -0.1) is 12.4 Å². The predicted octanol–water partition coefficient (Wildman–Crippen LogP) is 3.54. The van der Waals surface area contributed by atoms with Crippen molar-refractivity contribution in [2.75, 3.05) is 0 Å². The molecule has 3 heteroatoms. The molecule has 0 amide bonds. The third-order valence-electron chi connectivity index (χ3n) is 1.81. The third-order valence-corrected chi connectivity index (χ3v) is 1.81. The van der Waals surface area contributed by atoms with E-state index in [9.17, 15) is 0 Å². The largest absolute Gasteiger partial charge is 0.192 e. The number of nitriles is 2. The van der Waals surface area contributed by atoms with Crippen molar-refractivity contribution in [2.45, 2.75) is 0 Å². The second-order valence-corrected chi connectivity index (χ2v) is 2.96. The Morgan fingerprint density at radius 1 is 0.588 bits per heavy atom. The molecule has 2 aromatic carbocycles. The summed E-state index contributed by atoms with van der Waals surface area (Å²) in [6, 6.07) is 22.3. The maximum atomic E-state index is 8.29. The van der Waals surface area contributed by atoms with E-state index in [1.54, 1.807) is 24.3 Å². The van der Waals surface area contributed by atoms with Gasteiger partial charge in [0.2, 0.25) is 0 Å². The Kier molecular flexibility index (Phi) is 7.76. The van der Waals surface area contributed by atoms with Gasteiger partial charge in [0.15, 0.2) is 0 Å². The lowest BCUT2D eigenvalue weighted by Gasteiger charge is -1.80. The molecule has 2 rings (SSSR count). The molecule has 0 aliphatic carbocycles. The van der Waals surface area contributed by atoms with Crippen molar-refractivity contribution in [1.82, 2.24) is 0 Å². The highest BCUT2D eigenvalue weighted by atomic mass is 35.5. The first-order chi connectivity index (χ1) is 7.86. The zero-order valence-corrected chi connectivity index (χ0v) is 9.89. The molecule has 0 bridgehead atoms. The SMILES string of the molecule is Cl.N#Cc1ccccc1.N#Cc1ccccc1. The summed E-state index contributed by atoms with van der Waals surface area (Å²) in [7, 11) is 0. The minimum Gasteiger partial charge on any atom is -0.192 e. The minimum absolute atomic E-state index is 0. The Hall–Kier alpha value is -2.29. The number of hydrogen-bond acceptors (Lipinski definition) is 2. The average molecular weight is 243 g/mol. The molecule has 0 aromatic heterocycles. The molecule has 0 saturated carbocycles. The zero-order chi connectivity index (χ0) is 11.6. The van der Waals surface area contributed by atoms with Crippen LogP contribution in [-0.4, -0.2) is 0 Å². The van der Waals surface area contributed by atoms with Crippen LogP contribution in [0.25, 0.3) is 0 Å². The molecule has 2 aromatic rings. The molecule has 0 spiro atoms. The summed E-state index contributed by atoms with van der Waals surface area (Å²) in [5.74, 6) is 0. The third kappa shape index (κ3) is 5.99. The van der Waals surface area contributed by atoms with Crippen LogP contribution in [0.5, 0.6) is 0 Å². The first-order valence-corrected chi connectivity index (χ1v) is 4.77. The van der Waals surface area contributed by atoms with Crippen LogP contribution in [0.1, 0.15) is 11.1 Å². The summed E-state index contributed by atoms with van der Waals surface area (Å²) in [6.07, 6.45) is 0. The normalized spacial score (nSPS) is 7.41. The van der Waals surface area contributed by atoms with Gasteiger partial charge in [0.05, 0.1) is 23.3 Å². The van der Waals surface area contributed by atoms with Gasteiger partial charge in [-0.2, -0.15) is 10.5 Å². The second kappa shape index (κ2) is 8.97. The highest BCUT2D eigenvalue weighted by Gasteiger charge is 1.80. The van der Waals surface area contributed by atoms with E-state index >= 15 is 0 Å². The first-order valence-electron chi connectivity index (χ1n) is 4.77. The Bertz CT molecular complexity index is 446. The quantitative estimate of drug-likeness (QED) is 0.709. The molecule has 0 saturated heterocycles. The van der Waals surface area contributed by atoms with E-state index in [1.807, 2.05) is 48.5 Å². The Morgan fingerprint density at radius 2 is 0.882 bits per heavy atom. The van der Waals surface area contributed by atoms with Crippen molar-refractivity contribution in [1.29, 1.82) is 10.5 Å². The van der Waals surface area contributed by atoms with E-state index in [4.69, 9.17) is 10.5 Å². The molecule has 0 aliphatic rings. The summed E-state index contributed by atoms with van der Waals surface area (Å²) in [5, 5.41) is 16.6. The van der Waals surface area contributed by atoms with Crippen molar-refractivity contribution >= 4 is 12.4 Å². The van der Waals surface area contributed by atoms with E-state index < -0.39 is 0 Å². The first kappa shape index (κ1) is 14.7. The molecule has 0 heterocycles. The number of hydrogen-bond donors (Lipinski definition) is 0. The molecule has 0 N–H and O–H groups in total.